The van der Waals surface area contributed by atoms with Crippen molar-refractivity contribution >= 4 is 22.6 Å². The zero-order chi connectivity index (χ0) is 15.0. The molecule has 6 nitrogen and oxygen atoms in total. The number of furan rings is 1. The van der Waals surface area contributed by atoms with E-state index in [2.05, 4.69) is 10.5 Å². The van der Waals surface area contributed by atoms with E-state index in [0.29, 0.717) is 29.3 Å². The molecule has 2 aromatic rings. The number of carbonyl (C=O) groups excluding carboxylic acids is 1. The van der Waals surface area contributed by atoms with Crippen LogP contribution in [0.3, 0.4) is 0 Å². The highest BCUT2D eigenvalue weighted by Crippen LogP contribution is 2.34. The molecule has 0 saturated carbocycles. The number of nitrogens with one attached hydrogen (secondary N) is 1. The number of hydrogen-bond acceptors (Lipinski definition) is 5. The first-order valence-corrected chi connectivity index (χ1v) is 6.64. The Bertz CT molecular complexity index is 692. The second-order valence-electron chi connectivity index (χ2n) is 4.99. The summed E-state index contributed by atoms with van der Waals surface area (Å²) in [6.07, 6.45) is 0.405. The van der Waals surface area contributed by atoms with Gasteiger partial charge < -0.3 is 13.9 Å². The highest BCUT2D eigenvalue weighted by molar-refractivity contribution is 6.06. The van der Waals surface area contributed by atoms with Crippen LogP contribution in [0.25, 0.3) is 11.0 Å². The second kappa shape index (κ2) is 5.12. The van der Waals surface area contributed by atoms with E-state index in [1.807, 2.05) is 19.1 Å². The van der Waals surface area contributed by atoms with E-state index >= 15 is 0 Å². The molecular formula is C15H16N2O4. The van der Waals surface area contributed by atoms with Crippen LogP contribution in [0.2, 0.25) is 0 Å². The van der Waals surface area contributed by atoms with E-state index in [-0.39, 0.29) is 11.8 Å². The summed E-state index contributed by atoms with van der Waals surface area (Å²) in [5.74, 6) is 1.84. The molecule has 0 aliphatic carbocycles. The van der Waals surface area contributed by atoms with Gasteiger partial charge >= 0.3 is 0 Å². The van der Waals surface area contributed by atoms with Gasteiger partial charge in [0, 0.05) is 23.8 Å². The van der Waals surface area contributed by atoms with E-state index in [1.54, 1.807) is 20.3 Å². The lowest BCUT2D eigenvalue weighted by atomic mass is 9.98. The van der Waals surface area contributed by atoms with Crippen LogP contribution in [0.5, 0.6) is 11.5 Å². The minimum atomic E-state index is -0.0781. The summed E-state index contributed by atoms with van der Waals surface area (Å²) in [6, 6.07) is 5.53. The Morgan fingerprint density at radius 3 is 2.62 bits per heavy atom. The molecule has 1 aromatic heterocycles. The topological polar surface area (TPSA) is 73.1 Å². The number of nitrogens with zero attached hydrogens (tertiary/aromatic N) is 1. The monoisotopic (exact) mass is 288 g/mol. The Balaban J connectivity index is 2.07. The molecule has 1 atom stereocenters. The number of hydrazone groups is 1. The number of ether oxygens (including phenoxy) is 2. The van der Waals surface area contributed by atoms with E-state index in [1.165, 1.54) is 0 Å². The van der Waals surface area contributed by atoms with Crippen LogP contribution in [0.15, 0.2) is 27.7 Å². The lowest BCUT2D eigenvalue weighted by Gasteiger charge is -2.16. The van der Waals surface area contributed by atoms with Crippen molar-refractivity contribution in [1.82, 2.24) is 5.43 Å². The van der Waals surface area contributed by atoms with Crippen LogP contribution in [0, 0.1) is 5.92 Å². The van der Waals surface area contributed by atoms with Crippen LogP contribution in [-0.2, 0) is 4.79 Å². The highest BCUT2D eigenvalue weighted by Gasteiger charge is 2.24. The van der Waals surface area contributed by atoms with Crippen molar-refractivity contribution < 1.29 is 18.7 Å². The standard InChI is InChI=1S/C15H16N2O4/c1-8-4-14(18)16-17-15(8)13-6-9-5-11(19-2)12(20-3)7-10(9)21-13/h5-8H,4H2,1-3H3,(H,16,18). The molecule has 6 heteroatoms. The van der Waals surface area contributed by atoms with Crippen molar-refractivity contribution in [3.8, 4) is 11.5 Å². The third-order valence-electron chi connectivity index (χ3n) is 3.53. The maximum atomic E-state index is 11.3. The average molecular weight is 288 g/mol. The Kier molecular flexibility index (Phi) is 3.29. The molecule has 21 heavy (non-hydrogen) atoms. The zero-order valence-corrected chi connectivity index (χ0v) is 12.1. The summed E-state index contributed by atoms with van der Waals surface area (Å²) in [6.45, 7) is 1.95. The van der Waals surface area contributed by atoms with Crippen molar-refractivity contribution in [2.75, 3.05) is 14.2 Å². The Labute approximate surface area is 121 Å². The summed E-state index contributed by atoms with van der Waals surface area (Å²) in [5, 5.41) is 5.00. The predicted octanol–water partition coefficient (Wildman–Crippen LogP) is 2.31. The van der Waals surface area contributed by atoms with Crippen molar-refractivity contribution in [3.05, 3.63) is 24.0 Å². The fourth-order valence-corrected chi connectivity index (χ4v) is 2.44. The third kappa shape index (κ3) is 2.33. The van der Waals surface area contributed by atoms with Crippen molar-refractivity contribution in [2.45, 2.75) is 13.3 Å². The Morgan fingerprint density at radius 1 is 1.24 bits per heavy atom. The quantitative estimate of drug-likeness (QED) is 0.940. The van der Waals surface area contributed by atoms with E-state index in [4.69, 9.17) is 13.9 Å². The minimum Gasteiger partial charge on any atom is -0.493 e. The SMILES string of the molecule is COc1cc2cc(C3=NNC(=O)CC3C)oc2cc1OC. The van der Waals surface area contributed by atoms with Crippen LogP contribution in [0.4, 0.5) is 0 Å². The van der Waals surface area contributed by atoms with Gasteiger partial charge in [-0.3, -0.25) is 4.79 Å². The molecule has 0 radical (unpaired) electrons. The number of rotatable bonds is 3. The van der Waals surface area contributed by atoms with Crippen LogP contribution in [-0.4, -0.2) is 25.8 Å². The molecule has 1 aliphatic heterocycles. The van der Waals surface area contributed by atoms with Gasteiger partial charge in [-0.15, -0.1) is 0 Å². The van der Waals surface area contributed by atoms with E-state index < -0.39 is 0 Å². The number of methoxy groups -OCH3 is 2. The Hall–Kier alpha value is -2.50. The van der Waals surface area contributed by atoms with Gasteiger partial charge in [-0.05, 0) is 12.1 Å². The lowest BCUT2D eigenvalue weighted by molar-refractivity contribution is -0.121. The number of amides is 1. The zero-order valence-electron chi connectivity index (χ0n) is 12.1. The van der Waals surface area contributed by atoms with Crippen molar-refractivity contribution in [1.29, 1.82) is 0 Å². The summed E-state index contributed by atoms with van der Waals surface area (Å²) >= 11 is 0. The number of hydrogen-bond donors (Lipinski definition) is 1. The minimum absolute atomic E-state index is 0.0168. The molecule has 1 unspecified atom stereocenters. The molecular weight excluding hydrogens is 272 g/mol. The Morgan fingerprint density at radius 2 is 1.95 bits per heavy atom. The van der Waals surface area contributed by atoms with Crippen LogP contribution >= 0.6 is 0 Å². The first kappa shape index (κ1) is 13.5. The number of benzene rings is 1. The van der Waals surface area contributed by atoms with E-state index in [9.17, 15) is 4.79 Å². The predicted molar refractivity (Wildman–Crippen MR) is 77.8 cm³/mol. The normalized spacial score (nSPS) is 18.3. The van der Waals surface area contributed by atoms with Gasteiger partial charge in [-0.1, -0.05) is 6.92 Å². The molecule has 2 heterocycles. The first-order valence-electron chi connectivity index (χ1n) is 6.64. The van der Waals surface area contributed by atoms with Crippen molar-refractivity contribution in [3.63, 3.8) is 0 Å². The van der Waals surface area contributed by atoms with Gasteiger partial charge in [0.05, 0.1) is 14.2 Å². The fraction of sp³-hybridized carbons (Fsp3) is 0.333. The van der Waals surface area contributed by atoms with Gasteiger partial charge in [-0.25, -0.2) is 5.43 Å². The lowest BCUT2D eigenvalue weighted by Crippen LogP contribution is -2.31. The van der Waals surface area contributed by atoms with Gasteiger partial charge in [0.25, 0.3) is 0 Å². The van der Waals surface area contributed by atoms with E-state index in [0.717, 1.165) is 11.1 Å². The molecule has 110 valence electrons. The van der Waals surface area contributed by atoms with Gasteiger partial charge in [0.15, 0.2) is 17.3 Å². The summed E-state index contributed by atoms with van der Waals surface area (Å²) in [5.41, 5.74) is 3.92. The summed E-state index contributed by atoms with van der Waals surface area (Å²) in [4.78, 5) is 11.3. The third-order valence-corrected chi connectivity index (χ3v) is 3.53. The molecule has 1 N–H and O–H groups in total. The molecule has 1 aliphatic rings. The van der Waals surface area contributed by atoms with Crippen molar-refractivity contribution in [2.24, 2.45) is 11.0 Å². The maximum absolute atomic E-state index is 11.3. The van der Waals surface area contributed by atoms with Gasteiger partial charge in [-0.2, -0.15) is 5.10 Å². The number of fused-ring (bicyclic) bond motifs is 1. The number of carbonyl (C=O) groups is 1. The fourth-order valence-electron chi connectivity index (χ4n) is 2.44. The maximum Gasteiger partial charge on any atom is 0.240 e. The smallest absolute Gasteiger partial charge is 0.240 e. The highest BCUT2D eigenvalue weighted by atomic mass is 16.5. The molecule has 3 rings (SSSR count). The van der Waals surface area contributed by atoms with Crippen LogP contribution < -0.4 is 14.9 Å². The summed E-state index contributed by atoms with van der Waals surface area (Å²) in [7, 11) is 3.17. The molecule has 0 fully saturated rings. The molecule has 0 bridgehead atoms. The van der Waals surface area contributed by atoms with Crippen LogP contribution in [0.1, 0.15) is 19.1 Å². The molecule has 1 aromatic carbocycles. The summed E-state index contributed by atoms with van der Waals surface area (Å²) < 4.78 is 16.4. The molecule has 0 spiro atoms. The molecule has 0 saturated heterocycles. The molecule has 1 amide bonds. The van der Waals surface area contributed by atoms with Gasteiger partial charge in [0.2, 0.25) is 5.91 Å². The second-order valence-corrected chi connectivity index (χ2v) is 4.99. The first-order chi connectivity index (χ1) is 10.1. The largest absolute Gasteiger partial charge is 0.493 e. The van der Waals surface area contributed by atoms with Gasteiger partial charge in [0.1, 0.15) is 11.3 Å². The average Bonchev–Trinajstić information content (AvgIpc) is 2.87.